The molecule has 0 fully saturated rings. The van der Waals surface area contributed by atoms with Crippen LogP contribution in [0.1, 0.15) is 20.7 Å². The van der Waals surface area contributed by atoms with Crippen molar-refractivity contribution in [2.75, 3.05) is 26.1 Å². The number of primary amides is 1. The van der Waals surface area contributed by atoms with Gasteiger partial charge >= 0.3 is 0 Å². The maximum absolute atomic E-state index is 12.1. The second-order valence-corrected chi connectivity index (χ2v) is 7.23. The Balaban J connectivity index is 3.62. The Morgan fingerprint density at radius 3 is 2.09 bits per heavy atom. The Labute approximate surface area is 167 Å². The first kappa shape index (κ1) is 19.8. The van der Waals surface area contributed by atoms with Crippen molar-refractivity contribution >= 4 is 91.2 Å². The summed E-state index contributed by atoms with van der Waals surface area (Å²) in [5.41, 5.74) is 6.28. The van der Waals surface area contributed by atoms with Crippen molar-refractivity contribution in [2.45, 2.75) is 0 Å². The van der Waals surface area contributed by atoms with E-state index in [-0.39, 0.29) is 18.1 Å². The highest BCUT2D eigenvalue weighted by Gasteiger charge is 2.27. The zero-order chi connectivity index (χ0) is 17.0. The SMILES string of the molecule is CNC(=O)c1c(I)c(NC(=O)COC)c(I)c(C(N)=O)c1I. The number of nitrogens with two attached hydrogens (primary N) is 1. The van der Waals surface area contributed by atoms with E-state index >= 15 is 0 Å². The van der Waals surface area contributed by atoms with Gasteiger partial charge in [0, 0.05) is 17.7 Å². The van der Waals surface area contributed by atoms with E-state index < -0.39 is 11.8 Å². The molecule has 22 heavy (non-hydrogen) atoms. The fraction of sp³-hybridized carbons (Fsp3) is 0.250. The quantitative estimate of drug-likeness (QED) is 0.424. The van der Waals surface area contributed by atoms with Crippen LogP contribution in [0.15, 0.2) is 0 Å². The summed E-state index contributed by atoms with van der Waals surface area (Å²) in [6, 6.07) is 0. The van der Waals surface area contributed by atoms with Crippen LogP contribution in [0.2, 0.25) is 0 Å². The molecule has 10 heteroatoms. The number of rotatable bonds is 5. The summed E-state index contributed by atoms with van der Waals surface area (Å²) < 4.78 is 6.22. The first-order chi connectivity index (χ1) is 10.3. The number of anilines is 1. The van der Waals surface area contributed by atoms with Gasteiger partial charge in [-0.05, 0) is 67.8 Å². The molecule has 0 radical (unpaired) electrons. The van der Waals surface area contributed by atoms with Crippen LogP contribution in [0.3, 0.4) is 0 Å². The minimum absolute atomic E-state index is 0.140. The molecule has 3 amide bonds. The van der Waals surface area contributed by atoms with E-state index in [2.05, 4.69) is 10.6 Å². The van der Waals surface area contributed by atoms with Crippen LogP contribution in [0, 0.1) is 10.7 Å². The van der Waals surface area contributed by atoms with Crippen LogP contribution < -0.4 is 16.4 Å². The Bertz CT molecular complexity index is 649. The van der Waals surface area contributed by atoms with Crippen molar-refractivity contribution in [2.24, 2.45) is 5.73 Å². The molecule has 4 N–H and O–H groups in total. The van der Waals surface area contributed by atoms with Crippen molar-refractivity contribution in [3.05, 3.63) is 21.8 Å². The zero-order valence-electron chi connectivity index (χ0n) is 11.6. The predicted molar refractivity (Wildman–Crippen MR) is 107 cm³/mol. The number of carbonyl (C=O) groups is 3. The number of benzene rings is 1. The first-order valence-corrected chi connectivity index (χ1v) is 9.00. The Morgan fingerprint density at radius 1 is 1.09 bits per heavy atom. The van der Waals surface area contributed by atoms with Gasteiger partial charge in [-0.3, -0.25) is 14.4 Å². The molecule has 0 saturated heterocycles. The van der Waals surface area contributed by atoms with Gasteiger partial charge < -0.3 is 21.1 Å². The van der Waals surface area contributed by atoms with E-state index in [1.54, 1.807) is 0 Å². The normalized spacial score (nSPS) is 10.2. The van der Waals surface area contributed by atoms with Crippen LogP contribution in [0.4, 0.5) is 5.69 Å². The molecule has 1 aromatic rings. The highest BCUT2D eigenvalue weighted by atomic mass is 127. The van der Waals surface area contributed by atoms with Gasteiger partial charge in [0.25, 0.3) is 11.8 Å². The summed E-state index contributed by atoms with van der Waals surface area (Å²) in [7, 11) is 2.88. The summed E-state index contributed by atoms with van der Waals surface area (Å²) in [5, 5.41) is 5.16. The number of carbonyl (C=O) groups excluding carboxylic acids is 3. The molecule has 0 aliphatic carbocycles. The number of ether oxygens (including phenoxy) is 1. The van der Waals surface area contributed by atoms with Gasteiger partial charge in [-0.2, -0.15) is 0 Å². The Kier molecular flexibility index (Phi) is 7.73. The second kappa shape index (κ2) is 8.58. The summed E-state index contributed by atoms with van der Waals surface area (Å²) in [4.78, 5) is 35.6. The standard InChI is InChI=1S/C12H12I3N3O4/c1-17-12(21)6-7(13)5(11(16)20)8(14)10(9(6)15)18-4(19)3-22-2/h3H2,1-2H3,(H2,16,20)(H,17,21)(H,18,19). The molecule has 0 atom stereocenters. The molecule has 0 saturated carbocycles. The maximum atomic E-state index is 12.1. The van der Waals surface area contributed by atoms with Crippen molar-refractivity contribution in [1.29, 1.82) is 0 Å². The molecule has 7 nitrogen and oxygen atoms in total. The van der Waals surface area contributed by atoms with Gasteiger partial charge in [0.2, 0.25) is 5.91 Å². The van der Waals surface area contributed by atoms with Crippen molar-refractivity contribution in [1.82, 2.24) is 5.32 Å². The average molecular weight is 643 g/mol. The van der Waals surface area contributed by atoms with E-state index in [1.807, 2.05) is 67.8 Å². The van der Waals surface area contributed by atoms with Gasteiger partial charge in [0.15, 0.2) is 0 Å². The lowest BCUT2D eigenvalue weighted by atomic mass is 10.1. The minimum atomic E-state index is -0.669. The van der Waals surface area contributed by atoms with Gasteiger partial charge in [-0.25, -0.2) is 0 Å². The van der Waals surface area contributed by atoms with E-state index in [1.165, 1.54) is 14.2 Å². The van der Waals surface area contributed by atoms with Crippen LogP contribution in [-0.4, -0.2) is 38.5 Å². The molecule has 0 unspecified atom stereocenters. The number of halogens is 3. The second-order valence-electron chi connectivity index (χ2n) is 3.99. The lowest BCUT2D eigenvalue weighted by molar-refractivity contribution is -0.119. The Morgan fingerprint density at radius 2 is 1.64 bits per heavy atom. The summed E-state index contributed by atoms with van der Waals surface area (Å²) >= 11 is 5.78. The zero-order valence-corrected chi connectivity index (χ0v) is 18.0. The number of amides is 3. The topological polar surface area (TPSA) is 111 Å². The van der Waals surface area contributed by atoms with E-state index in [9.17, 15) is 14.4 Å². The summed E-state index contributed by atoms with van der Waals surface area (Å²) in [6.07, 6.45) is 0. The van der Waals surface area contributed by atoms with Crippen molar-refractivity contribution in [3.63, 3.8) is 0 Å². The maximum Gasteiger partial charge on any atom is 0.253 e. The molecule has 0 heterocycles. The largest absolute Gasteiger partial charge is 0.375 e. The van der Waals surface area contributed by atoms with E-state index in [0.717, 1.165) is 0 Å². The molecular weight excluding hydrogens is 631 g/mol. The fourth-order valence-electron chi connectivity index (χ4n) is 1.62. The summed E-state index contributed by atoms with van der Waals surface area (Å²) in [5.74, 6) is -1.43. The number of hydrogen-bond acceptors (Lipinski definition) is 4. The first-order valence-electron chi connectivity index (χ1n) is 5.77. The lowest BCUT2D eigenvalue weighted by Gasteiger charge is -2.17. The minimum Gasteiger partial charge on any atom is -0.375 e. The highest BCUT2D eigenvalue weighted by Crippen LogP contribution is 2.35. The monoisotopic (exact) mass is 643 g/mol. The van der Waals surface area contributed by atoms with Crippen LogP contribution in [-0.2, 0) is 9.53 Å². The third kappa shape index (κ3) is 4.19. The van der Waals surface area contributed by atoms with Gasteiger partial charge in [-0.1, -0.05) is 0 Å². The van der Waals surface area contributed by atoms with Gasteiger partial charge in [-0.15, -0.1) is 0 Å². The molecule has 0 aliphatic rings. The van der Waals surface area contributed by atoms with Gasteiger partial charge in [0.1, 0.15) is 6.61 Å². The van der Waals surface area contributed by atoms with Crippen LogP contribution in [0.25, 0.3) is 0 Å². The smallest absolute Gasteiger partial charge is 0.253 e. The van der Waals surface area contributed by atoms with Crippen molar-refractivity contribution in [3.8, 4) is 0 Å². The highest BCUT2D eigenvalue weighted by molar-refractivity contribution is 14.1. The lowest BCUT2D eigenvalue weighted by Crippen LogP contribution is -2.27. The van der Waals surface area contributed by atoms with Crippen LogP contribution >= 0.6 is 67.8 Å². The van der Waals surface area contributed by atoms with E-state index in [4.69, 9.17) is 10.5 Å². The molecular formula is C12H12I3N3O4. The number of methoxy groups -OCH3 is 1. The fourth-order valence-corrected chi connectivity index (χ4v) is 6.08. The number of hydrogen-bond donors (Lipinski definition) is 3. The molecule has 1 rings (SSSR count). The molecule has 0 spiro atoms. The Hall–Kier alpha value is -0.220. The third-order valence-electron chi connectivity index (χ3n) is 2.56. The molecule has 1 aromatic carbocycles. The molecule has 120 valence electrons. The molecule has 0 bridgehead atoms. The number of nitrogens with one attached hydrogen (secondary N) is 2. The average Bonchev–Trinajstić information content (AvgIpc) is 2.43. The van der Waals surface area contributed by atoms with Crippen molar-refractivity contribution < 1.29 is 19.1 Å². The predicted octanol–water partition coefficient (Wildman–Crippen LogP) is 1.54. The summed E-state index contributed by atoms with van der Waals surface area (Å²) in [6.45, 7) is -0.140. The van der Waals surface area contributed by atoms with Gasteiger partial charge in [0.05, 0.1) is 24.0 Å². The third-order valence-corrected chi connectivity index (χ3v) is 5.79. The molecule has 0 aromatic heterocycles. The van der Waals surface area contributed by atoms with Crippen LogP contribution in [0.5, 0.6) is 0 Å². The molecule has 0 aliphatic heterocycles. The van der Waals surface area contributed by atoms with E-state index in [0.29, 0.717) is 22.0 Å².